The van der Waals surface area contributed by atoms with Gasteiger partial charge >= 0.3 is 0 Å². The molecule has 1 aromatic rings. The molecule has 114 valence electrons. The molecule has 0 aromatic heterocycles. The highest BCUT2D eigenvalue weighted by molar-refractivity contribution is 5.80. The number of carbonyl (C=O) groups excluding carboxylic acids is 1. The molecule has 4 heteroatoms. The summed E-state index contributed by atoms with van der Waals surface area (Å²) in [4.78, 5) is 12.6. The lowest BCUT2D eigenvalue weighted by Gasteiger charge is -2.21. The number of ether oxygens (including phenoxy) is 1. The van der Waals surface area contributed by atoms with Crippen molar-refractivity contribution in [1.82, 2.24) is 5.32 Å². The second kappa shape index (κ2) is 5.34. The highest BCUT2D eigenvalue weighted by Gasteiger charge is 2.42. The molecule has 0 spiro atoms. The van der Waals surface area contributed by atoms with E-state index in [-0.39, 0.29) is 36.0 Å². The zero-order chi connectivity index (χ0) is 15.1. The summed E-state index contributed by atoms with van der Waals surface area (Å²) in [7, 11) is 0. The lowest BCUT2D eigenvalue weighted by molar-refractivity contribution is -0.128. The summed E-state index contributed by atoms with van der Waals surface area (Å²) in [5.41, 5.74) is 9.09. The van der Waals surface area contributed by atoms with Crippen molar-refractivity contribution in [2.24, 2.45) is 11.8 Å². The number of nitrogens with two attached hydrogens (primary N) is 1. The third-order valence-corrected chi connectivity index (χ3v) is 5.11. The van der Waals surface area contributed by atoms with Gasteiger partial charge in [-0.25, -0.2) is 0 Å². The highest BCUT2D eigenvalue weighted by atomic mass is 16.5. The molecule has 0 saturated carbocycles. The molecule has 1 saturated heterocycles. The van der Waals surface area contributed by atoms with Crippen molar-refractivity contribution in [2.45, 2.75) is 51.9 Å². The number of carbonyl (C=O) groups is 1. The largest absolute Gasteiger partial charge is 0.399 e. The molecule has 1 aliphatic carbocycles. The summed E-state index contributed by atoms with van der Waals surface area (Å²) in [5, 5.41) is 3.22. The van der Waals surface area contributed by atoms with Gasteiger partial charge in [0.1, 0.15) is 0 Å². The van der Waals surface area contributed by atoms with Crippen molar-refractivity contribution >= 4 is 11.6 Å². The number of aryl methyl sites for hydroxylation is 1. The van der Waals surface area contributed by atoms with Gasteiger partial charge in [-0.2, -0.15) is 0 Å². The van der Waals surface area contributed by atoms with E-state index < -0.39 is 0 Å². The first-order chi connectivity index (χ1) is 9.97. The quantitative estimate of drug-likeness (QED) is 0.822. The number of nitrogens with one attached hydrogen (secondary N) is 1. The van der Waals surface area contributed by atoms with E-state index in [0.717, 1.165) is 18.5 Å². The molecule has 3 rings (SSSR count). The third kappa shape index (κ3) is 2.53. The Bertz CT molecular complexity index is 558. The number of amides is 1. The Morgan fingerprint density at radius 2 is 2.05 bits per heavy atom. The van der Waals surface area contributed by atoms with Gasteiger partial charge in [-0.05, 0) is 55.9 Å². The topological polar surface area (TPSA) is 64.3 Å². The molecule has 1 aromatic carbocycles. The maximum Gasteiger partial charge on any atom is 0.226 e. The smallest absolute Gasteiger partial charge is 0.226 e. The van der Waals surface area contributed by atoms with E-state index in [1.807, 2.05) is 32.0 Å². The van der Waals surface area contributed by atoms with E-state index in [9.17, 15) is 4.79 Å². The first-order valence-electron chi connectivity index (χ1n) is 7.81. The average Bonchev–Trinajstić information content (AvgIpc) is 2.91. The monoisotopic (exact) mass is 288 g/mol. The van der Waals surface area contributed by atoms with Gasteiger partial charge in [0.25, 0.3) is 0 Å². The molecule has 1 heterocycles. The maximum atomic E-state index is 12.6. The van der Waals surface area contributed by atoms with E-state index in [0.29, 0.717) is 0 Å². The fraction of sp³-hybridized carbons (Fsp3) is 0.588. The zero-order valence-electron chi connectivity index (χ0n) is 12.9. The summed E-state index contributed by atoms with van der Waals surface area (Å²) in [6.07, 6.45) is 2.07. The Morgan fingerprint density at radius 1 is 1.29 bits per heavy atom. The maximum absolute atomic E-state index is 12.6. The molecular formula is C17H24N2O2. The molecule has 1 aliphatic heterocycles. The zero-order valence-corrected chi connectivity index (χ0v) is 12.9. The van der Waals surface area contributed by atoms with Crippen molar-refractivity contribution in [3.8, 4) is 0 Å². The van der Waals surface area contributed by atoms with Gasteiger partial charge in [0, 0.05) is 5.69 Å². The van der Waals surface area contributed by atoms with Crippen LogP contribution in [0.5, 0.6) is 0 Å². The summed E-state index contributed by atoms with van der Waals surface area (Å²) >= 11 is 0. The van der Waals surface area contributed by atoms with Crippen molar-refractivity contribution in [3.05, 3.63) is 29.3 Å². The lowest BCUT2D eigenvalue weighted by atomic mass is 9.88. The molecule has 5 atom stereocenters. The van der Waals surface area contributed by atoms with E-state index in [1.54, 1.807) is 0 Å². The number of benzene rings is 1. The molecule has 5 unspecified atom stereocenters. The SMILES string of the molecule is CC1OC(C)C(C(=O)NC2CCc3cc(N)ccc32)C1C. The number of hydrogen-bond acceptors (Lipinski definition) is 3. The Hall–Kier alpha value is -1.55. The van der Waals surface area contributed by atoms with Crippen LogP contribution < -0.4 is 11.1 Å². The summed E-state index contributed by atoms with van der Waals surface area (Å²) in [6.45, 7) is 6.14. The van der Waals surface area contributed by atoms with Crippen molar-refractivity contribution < 1.29 is 9.53 Å². The average molecular weight is 288 g/mol. The minimum absolute atomic E-state index is 0.0118. The molecule has 1 amide bonds. The third-order valence-electron chi connectivity index (χ3n) is 5.11. The highest BCUT2D eigenvalue weighted by Crippen LogP contribution is 2.35. The van der Waals surface area contributed by atoms with Crippen LogP contribution in [-0.4, -0.2) is 18.1 Å². The van der Waals surface area contributed by atoms with Gasteiger partial charge in [-0.1, -0.05) is 13.0 Å². The molecule has 2 aliphatic rings. The van der Waals surface area contributed by atoms with E-state index in [2.05, 4.69) is 12.2 Å². The van der Waals surface area contributed by atoms with Crippen LogP contribution in [0.25, 0.3) is 0 Å². The van der Waals surface area contributed by atoms with Crippen molar-refractivity contribution in [3.63, 3.8) is 0 Å². The Balaban J connectivity index is 1.73. The van der Waals surface area contributed by atoms with Crippen LogP contribution in [0.3, 0.4) is 0 Å². The summed E-state index contributed by atoms with van der Waals surface area (Å²) < 4.78 is 5.78. The molecule has 3 N–H and O–H groups in total. The van der Waals surface area contributed by atoms with Crippen LogP contribution in [0.1, 0.15) is 44.4 Å². The van der Waals surface area contributed by atoms with Gasteiger partial charge < -0.3 is 15.8 Å². The van der Waals surface area contributed by atoms with Gasteiger partial charge in [-0.3, -0.25) is 4.79 Å². The fourth-order valence-electron chi connectivity index (χ4n) is 3.77. The van der Waals surface area contributed by atoms with Crippen molar-refractivity contribution in [2.75, 3.05) is 5.73 Å². The first kappa shape index (κ1) is 14.4. The second-order valence-corrected chi connectivity index (χ2v) is 6.49. The second-order valence-electron chi connectivity index (χ2n) is 6.49. The lowest BCUT2D eigenvalue weighted by Crippen LogP contribution is -2.38. The van der Waals surface area contributed by atoms with Gasteiger partial charge in [0.15, 0.2) is 0 Å². The van der Waals surface area contributed by atoms with Crippen LogP contribution in [0.15, 0.2) is 18.2 Å². The number of nitrogen functional groups attached to an aromatic ring is 1. The molecular weight excluding hydrogens is 264 g/mol. The molecule has 0 bridgehead atoms. The summed E-state index contributed by atoms with van der Waals surface area (Å²) in [6, 6.07) is 6.09. The molecule has 21 heavy (non-hydrogen) atoms. The first-order valence-corrected chi connectivity index (χ1v) is 7.81. The van der Waals surface area contributed by atoms with Gasteiger partial charge in [0.05, 0.1) is 24.2 Å². The van der Waals surface area contributed by atoms with Gasteiger partial charge in [0.2, 0.25) is 5.91 Å². The van der Waals surface area contributed by atoms with E-state index in [4.69, 9.17) is 10.5 Å². The number of fused-ring (bicyclic) bond motifs is 1. The predicted molar refractivity (Wildman–Crippen MR) is 82.7 cm³/mol. The van der Waals surface area contributed by atoms with Crippen LogP contribution in [-0.2, 0) is 16.0 Å². The molecule has 0 radical (unpaired) electrons. The normalized spacial score (nSPS) is 34.7. The standard InChI is InChI=1S/C17H24N2O2/c1-9-10(2)21-11(3)16(9)17(20)19-15-7-4-12-8-13(18)5-6-14(12)15/h5-6,8-11,15-16H,4,7,18H2,1-3H3,(H,19,20). The molecule has 1 fully saturated rings. The van der Waals surface area contributed by atoms with E-state index in [1.165, 1.54) is 11.1 Å². The fourth-order valence-corrected chi connectivity index (χ4v) is 3.77. The predicted octanol–water partition coefficient (Wildman–Crippen LogP) is 2.43. The van der Waals surface area contributed by atoms with E-state index >= 15 is 0 Å². The van der Waals surface area contributed by atoms with Crippen LogP contribution in [0.2, 0.25) is 0 Å². The number of anilines is 1. The van der Waals surface area contributed by atoms with Gasteiger partial charge in [-0.15, -0.1) is 0 Å². The van der Waals surface area contributed by atoms with Crippen LogP contribution in [0.4, 0.5) is 5.69 Å². The Kier molecular flexibility index (Phi) is 3.66. The van der Waals surface area contributed by atoms with Crippen molar-refractivity contribution in [1.29, 1.82) is 0 Å². The summed E-state index contributed by atoms with van der Waals surface area (Å²) in [5.74, 6) is 0.319. The van der Waals surface area contributed by atoms with Crippen LogP contribution >= 0.6 is 0 Å². The number of hydrogen-bond donors (Lipinski definition) is 2. The molecule has 4 nitrogen and oxygen atoms in total. The van der Waals surface area contributed by atoms with Crippen LogP contribution in [0, 0.1) is 11.8 Å². The number of rotatable bonds is 2. The minimum Gasteiger partial charge on any atom is -0.399 e. The Labute approximate surface area is 126 Å². The minimum atomic E-state index is -0.0576. The Morgan fingerprint density at radius 3 is 2.71 bits per heavy atom.